The Morgan fingerprint density at radius 1 is 1.47 bits per heavy atom. The third-order valence-electron chi connectivity index (χ3n) is 3.40. The van der Waals surface area contributed by atoms with E-state index in [-0.39, 0.29) is 25.1 Å². The van der Waals surface area contributed by atoms with Gasteiger partial charge in [0.25, 0.3) is 5.91 Å². The average molecular weight is 265 g/mol. The van der Waals surface area contributed by atoms with Gasteiger partial charge in [0.1, 0.15) is 5.69 Å². The Morgan fingerprint density at radius 2 is 2.32 bits per heavy atom. The van der Waals surface area contributed by atoms with Crippen molar-refractivity contribution in [3.8, 4) is 0 Å². The molecule has 1 saturated heterocycles. The molecule has 0 aromatic carbocycles. The zero-order chi connectivity index (χ0) is 13.7. The molecule has 1 aromatic heterocycles. The first-order valence-corrected chi connectivity index (χ1v) is 6.53. The van der Waals surface area contributed by atoms with Crippen LogP contribution in [0.4, 0.5) is 0 Å². The number of imide groups is 1. The van der Waals surface area contributed by atoms with Crippen molar-refractivity contribution in [2.24, 2.45) is 0 Å². The van der Waals surface area contributed by atoms with Crippen molar-refractivity contribution in [2.75, 3.05) is 19.7 Å². The topological polar surface area (TPSA) is 85.4 Å². The van der Waals surface area contributed by atoms with E-state index in [4.69, 9.17) is 0 Å². The molecule has 1 aliphatic rings. The number of rotatable bonds is 4. The van der Waals surface area contributed by atoms with Crippen molar-refractivity contribution >= 4 is 11.8 Å². The maximum Gasteiger partial charge on any atom is 0.274 e. The van der Waals surface area contributed by atoms with Crippen LogP contribution in [0.25, 0.3) is 0 Å². The number of aromatic amines is 1. The average Bonchev–Trinajstić information content (AvgIpc) is 2.93. The molecule has 0 saturated carbocycles. The molecule has 2 heterocycles. The van der Waals surface area contributed by atoms with Gasteiger partial charge in [-0.3, -0.25) is 19.8 Å². The molecule has 0 aliphatic carbocycles. The van der Waals surface area contributed by atoms with Gasteiger partial charge in [0.05, 0.1) is 13.2 Å². The molecule has 1 aromatic rings. The first-order chi connectivity index (χ1) is 9.20. The first-order valence-electron chi connectivity index (χ1n) is 6.53. The molecule has 1 fully saturated rings. The smallest absolute Gasteiger partial charge is 0.274 e. The van der Waals surface area contributed by atoms with E-state index in [1.54, 1.807) is 18.3 Å². The number of nitrogens with zero attached hydrogens (tertiary/aromatic N) is 1. The number of nitrogens with one attached hydrogen (secondary N) is 2. The standard InChI is InChI=1S/C13H19N3O3/c17-9-10-4-1-2-7-16(10)8-12(18)15-13(19)11-5-3-6-14-11/h3,5-6,10,14,17H,1-2,4,7-9H2,(H,15,18,19). The van der Waals surface area contributed by atoms with Crippen LogP contribution in [-0.2, 0) is 4.79 Å². The van der Waals surface area contributed by atoms with Gasteiger partial charge < -0.3 is 10.1 Å². The highest BCUT2D eigenvalue weighted by Gasteiger charge is 2.24. The Morgan fingerprint density at radius 3 is 3.00 bits per heavy atom. The minimum Gasteiger partial charge on any atom is -0.395 e. The number of amides is 2. The van der Waals surface area contributed by atoms with Gasteiger partial charge in [-0.2, -0.15) is 0 Å². The van der Waals surface area contributed by atoms with Crippen LogP contribution in [0.3, 0.4) is 0 Å². The molecule has 6 heteroatoms. The fourth-order valence-electron chi connectivity index (χ4n) is 2.36. The summed E-state index contributed by atoms with van der Waals surface area (Å²) in [6.45, 7) is 0.991. The maximum atomic E-state index is 11.8. The van der Waals surface area contributed by atoms with Crippen LogP contribution in [0.15, 0.2) is 18.3 Å². The van der Waals surface area contributed by atoms with E-state index in [1.165, 1.54) is 0 Å². The van der Waals surface area contributed by atoms with Crippen molar-refractivity contribution in [2.45, 2.75) is 25.3 Å². The van der Waals surface area contributed by atoms with Crippen LogP contribution < -0.4 is 5.32 Å². The molecule has 1 unspecified atom stereocenters. The zero-order valence-corrected chi connectivity index (χ0v) is 10.8. The normalized spacial score (nSPS) is 20.2. The van der Waals surface area contributed by atoms with E-state index in [1.807, 2.05) is 4.90 Å². The summed E-state index contributed by atoms with van der Waals surface area (Å²) in [6, 6.07) is 3.34. The van der Waals surface area contributed by atoms with Gasteiger partial charge in [-0.05, 0) is 31.5 Å². The second kappa shape index (κ2) is 6.49. The lowest BCUT2D eigenvalue weighted by Gasteiger charge is -2.33. The highest BCUT2D eigenvalue weighted by atomic mass is 16.3. The summed E-state index contributed by atoms with van der Waals surface area (Å²) in [6.07, 6.45) is 4.62. The monoisotopic (exact) mass is 265 g/mol. The van der Waals surface area contributed by atoms with E-state index in [0.29, 0.717) is 5.69 Å². The predicted octanol–water partition coefficient (Wildman–Crippen LogP) is 0.118. The number of hydrogen-bond donors (Lipinski definition) is 3. The molecule has 0 bridgehead atoms. The van der Waals surface area contributed by atoms with Crippen molar-refractivity contribution < 1.29 is 14.7 Å². The molecule has 1 aliphatic heterocycles. The summed E-state index contributed by atoms with van der Waals surface area (Å²) in [7, 11) is 0. The second-order valence-electron chi connectivity index (χ2n) is 4.76. The fraction of sp³-hybridized carbons (Fsp3) is 0.538. The van der Waals surface area contributed by atoms with Gasteiger partial charge in [0, 0.05) is 12.2 Å². The predicted molar refractivity (Wildman–Crippen MR) is 69.6 cm³/mol. The fourth-order valence-corrected chi connectivity index (χ4v) is 2.36. The lowest BCUT2D eigenvalue weighted by molar-refractivity contribution is -0.122. The summed E-state index contributed by atoms with van der Waals surface area (Å²) in [5.41, 5.74) is 0.366. The Hall–Kier alpha value is -1.66. The summed E-state index contributed by atoms with van der Waals surface area (Å²) < 4.78 is 0. The summed E-state index contributed by atoms with van der Waals surface area (Å²) in [4.78, 5) is 28.2. The summed E-state index contributed by atoms with van der Waals surface area (Å²) >= 11 is 0. The lowest BCUT2D eigenvalue weighted by Crippen LogP contribution is -2.48. The Labute approximate surface area is 111 Å². The molecule has 6 nitrogen and oxygen atoms in total. The highest BCUT2D eigenvalue weighted by molar-refractivity contribution is 6.04. The van der Waals surface area contributed by atoms with Gasteiger partial charge >= 0.3 is 0 Å². The SMILES string of the molecule is O=C(CN1CCCCC1CO)NC(=O)c1ccc[nH]1. The minimum atomic E-state index is -0.424. The first kappa shape index (κ1) is 13.8. The lowest BCUT2D eigenvalue weighted by atomic mass is 10.0. The van der Waals surface area contributed by atoms with Gasteiger partial charge in [0.2, 0.25) is 5.91 Å². The molecule has 2 rings (SSSR count). The third-order valence-corrected chi connectivity index (χ3v) is 3.40. The van der Waals surface area contributed by atoms with Crippen molar-refractivity contribution in [1.82, 2.24) is 15.2 Å². The van der Waals surface area contributed by atoms with Crippen LogP contribution in [-0.4, -0.2) is 52.5 Å². The number of piperidine rings is 1. The van der Waals surface area contributed by atoms with Gasteiger partial charge in [0.15, 0.2) is 0 Å². The highest BCUT2D eigenvalue weighted by Crippen LogP contribution is 2.15. The number of hydrogen-bond acceptors (Lipinski definition) is 4. The van der Waals surface area contributed by atoms with E-state index < -0.39 is 5.91 Å². The molecular formula is C13H19N3O3. The zero-order valence-electron chi connectivity index (χ0n) is 10.8. The van der Waals surface area contributed by atoms with E-state index in [0.717, 1.165) is 25.8 Å². The van der Waals surface area contributed by atoms with Crippen LogP contribution >= 0.6 is 0 Å². The Balaban J connectivity index is 1.85. The number of aliphatic hydroxyl groups excluding tert-OH is 1. The van der Waals surface area contributed by atoms with Crippen LogP contribution in [0.2, 0.25) is 0 Å². The number of likely N-dealkylation sites (tertiary alicyclic amines) is 1. The number of aliphatic hydroxyl groups is 1. The Kier molecular flexibility index (Phi) is 4.70. The minimum absolute atomic E-state index is 0.0279. The summed E-state index contributed by atoms with van der Waals surface area (Å²) in [5, 5.41) is 11.6. The van der Waals surface area contributed by atoms with Crippen molar-refractivity contribution in [1.29, 1.82) is 0 Å². The molecule has 19 heavy (non-hydrogen) atoms. The van der Waals surface area contributed by atoms with E-state index >= 15 is 0 Å². The van der Waals surface area contributed by atoms with E-state index in [2.05, 4.69) is 10.3 Å². The molecule has 1 atom stereocenters. The van der Waals surface area contributed by atoms with Crippen molar-refractivity contribution in [3.63, 3.8) is 0 Å². The second-order valence-corrected chi connectivity index (χ2v) is 4.76. The quantitative estimate of drug-likeness (QED) is 0.721. The van der Waals surface area contributed by atoms with Crippen LogP contribution in [0.1, 0.15) is 29.8 Å². The number of aromatic nitrogens is 1. The van der Waals surface area contributed by atoms with Crippen LogP contribution in [0, 0.1) is 0 Å². The van der Waals surface area contributed by atoms with E-state index in [9.17, 15) is 14.7 Å². The maximum absolute atomic E-state index is 11.8. The van der Waals surface area contributed by atoms with Crippen LogP contribution in [0.5, 0.6) is 0 Å². The third kappa shape index (κ3) is 3.65. The molecule has 3 N–H and O–H groups in total. The van der Waals surface area contributed by atoms with Crippen molar-refractivity contribution in [3.05, 3.63) is 24.0 Å². The molecule has 104 valence electrons. The molecule has 2 amide bonds. The molecule has 0 radical (unpaired) electrons. The number of H-pyrrole nitrogens is 1. The van der Waals surface area contributed by atoms with Gasteiger partial charge in [-0.25, -0.2) is 0 Å². The molecule has 0 spiro atoms. The molecular weight excluding hydrogens is 246 g/mol. The number of carbonyl (C=O) groups is 2. The number of carbonyl (C=O) groups excluding carboxylic acids is 2. The largest absolute Gasteiger partial charge is 0.395 e. The van der Waals surface area contributed by atoms with Gasteiger partial charge in [-0.15, -0.1) is 0 Å². The Bertz CT molecular complexity index is 430. The summed E-state index contributed by atoms with van der Waals surface area (Å²) in [5.74, 6) is -0.757. The van der Waals surface area contributed by atoms with Gasteiger partial charge in [-0.1, -0.05) is 6.42 Å².